The Labute approximate surface area is 190 Å². The Morgan fingerprint density at radius 1 is 1.06 bits per heavy atom. The third-order valence-electron chi connectivity index (χ3n) is 4.29. The number of para-hydroxylation sites is 1. The van der Waals surface area contributed by atoms with Gasteiger partial charge >= 0.3 is 0 Å². The highest BCUT2D eigenvalue weighted by Crippen LogP contribution is 2.32. The van der Waals surface area contributed by atoms with Gasteiger partial charge in [0, 0.05) is 0 Å². The Bertz CT molecular complexity index is 1200. The predicted molar refractivity (Wildman–Crippen MR) is 122 cm³/mol. The molecule has 0 bridgehead atoms. The van der Waals surface area contributed by atoms with E-state index in [4.69, 9.17) is 4.74 Å². The SMILES string of the molecule is O=C1NC(=Nc2ccccc2F)S/C1=C\c1ccc(OCc2ccc(F)cc2)c(Br)c1. The molecule has 3 aromatic rings. The fourth-order valence-electron chi connectivity index (χ4n) is 2.75. The van der Waals surface area contributed by atoms with Crippen molar-refractivity contribution in [3.05, 3.63) is 98.9 Å². The summed E-state index contributed by atoms with van der Waals surface area (Å²) in [6, 6.07) is 17.6. The lowest BCUT2D eigenvalue weighted by atomic mass is 10.2. The second kappa shape index (κ2) is 9.45. The molecule has 1 fully saturated rings. The maximum Gasteiger partial charge on any atom is 0.264 e. The van der Waals surface area contributed by atoms with Crippen LogP contribution in [0.25, 0.3) is 6.08 Å². The van der Waals surface area contributed by atoms with Gasteiger partial charge in [-0.05, 0) is 81.3 Å². The average molecular weight is 501 g/mol. The van der Waals surface area contributed by atoms with E-state index in [1.807, 2.05) is 12.1 Å². The molecule has 4 rings (SSSR count). The van der Waals surface area contributed by atoms with Gasteiger partial charge in [-0.15, -0.1) is 0 Å². The van der Waals surface area contributed by atoms with Crippen LogP contribution in [-0.2, 0) is 11.4 Å². The maximum atomic E-state index is 13.8. The molecular formula is C23H15BrF2N2O2S. The summed E-state index contributed by atoms with van der Waals surface area (Å²) in [5.41, 5.74) is 1.79. The van der Waals surface area contributed by atoms with Gasteiger partial charge in [-0.2, -0.15) is 0 Å². The summed E-state index contributed by atoms with van der Waals surface area (Å²) in [6.07, 6.45) is 1.72. The first-order valence-corrected chi connectivity index (χ1v) is 10.8. The fourth-order valence-corrected chi connectivity index (χ4v) is 4.10. The maximum absolute atomic E-state index is 13.8. The van der Waals surface area contributed by atoms with E-state index >= 15 is 0 Å². The number of carbonyl (C=O) groups excluding carboxylic acids is 1. The molecule has 1 aliphatic heterocycles. The third kappa shape index (κ3) is 5.39. The topological polar surface area (TPSA) is 50.7 Å². The minimum Gasteiger partial charge on any atom is -0.488 e. The standard InChI is InChI=1S/C23H15BrF2N2O2S/c24-17-11-15(7-10-20(17)30-13-14-5-8-16(25)9-6-14)12-21-22(29)28-23(31-21)27-19-4-2-1-3-18(19)26/h1-12H,13H2,(H,27,28,29)/b21-12-. The van der Waals surface area contributed by atoms with Crippen molar-refractivity contribution >= 4 is 50.5 Å². The van der Waals surface area contributed by atoms with E-state index in [9.17, 15) is 13.6 Å². The second-order valence-electron chi connectivity index (χ2n) is 6.54. The summed E-state index contributed by atoms with van der Waals surface area (Å²) < 4.78 is 33.3. The lowest BCUT2D eigenvalue weighted by molar-refractivity contribution is -0.115. The molecule has 0 spiro atoms. The molecule has 1 saturated heterocycles. The first-order valence-electron chi connectivity index (χ1n) is 9.19. The van der Waals surface area contributed by atoms with Gasteiger partial charge in [0.1, 0.15) is 29.7 Å². The molecule has 156 valence electrons. The van der Waals surface area contributed by atoms with E-state index in [-0.39, 0.29) is 17.4 Å². The smallest absolute Gasteiger partial charge is 0.264 e. The molecule has 1 amide bonds. The van der Waals surface area contributed by atoms with Crippen molar-refractivity contribution in [3.8, 4) is 5.75 Å². The van der Waals surface area contributed by atoms with Crippen molar-refractivity contribution in [2.24, 2.45) is 4.99 Å². The van der Waals surface area contributed by atoms with Crippen LogP contribution in [0.3, 0.4) is 0 Å². The number of amides is 1. The summed E-state index contributed by atoms with van der Waals surface area (Å²) in [6.45, 7) is 0.299. The summed E-state index contributed by atoms with van der Waals surface area (Å²) >= 11 is 4.62. The number of thioether (sulfide) groups is 1. The zero-order chi connectivity index (χ0) is 21.8. The van der Waals surface area contributed by atoms with Gasteiger partial charge in [0.05, 0.1) is 9.38 Å². The number of benzene rings is 3. The Kier molecular flexibility index (Phi) is 6.48. The number of carbonyl (C=O) groups is 1. The van der Waals surface area contributed by atoms with Gasteiger partial charge in [0.15, 0.2) is 5.17 Å². The minimum atomic E-state index is -0.456. The second-order valence-corrected chi connectivity index (χ2v) is 8.42. The predicted octanol–water partition coefficient (Wildman–Crippen LogP) is 6.20. The summed E-state index contributed by atoms with van der Waals surface area (Å²) in [5.74, 6) is -0.426. The van der Waals surface area contributed by atoms with E-state index in [1.165, 1.54) is 18.2 Å². The molecule has 4 nitrogen and oxygen atoms in total. The fraction of sp³-hybridized carbons (Fsp3) is 0.0435. The normalized spacial score (nSPS) is 16.0. The summed E-state index contributed by atoms with van der Waals surface area (Å²) in [5, 5.41) is 2.96. The van der Waals surface area contributed by atoms with Gasteiger partial charge in [0.2, 0.25) is 0 Å². The highest BCUT2D eigenvalue weighted by atomic mass is 79.9. The molecule has 8 heteroatoms. The van der Waals surface area contributed by atoms with Gasteiger partial charge in [-0.25, -0.2) is 13.8 Å². The van der Waals surface area contributed by atoms with Gasteiger partial charge in [-0.3, -0.25) is 4.79 Å². The van der Waals surface area contributed by atoms with Crippen LogP contribution >= 0.6 is 27.7 Å². The first kappa shape index (κ1) is 21.3. The quantitative estimate of drug-likeness (QED) is 0.424. The molecule has 0 radical (unpaired) electrons. The number of nitrogens with one attached hydrogen (secondary N) is 1. The Morgan fingerprint density at radius 3 is 2.58 bits per heavy atom. The van der Waals surface area contributed by atoms with Gasteiger partial charge < -0.3 is 10.1 Å². The molecule has 0 atom stereocenters. The molecule has 0 unspecified atom stereocenters. The van der Waals surface area contributed by atoms with Crippen LogP contribution in [-0.4, -0.2) is 11.1 Å². The Morgan fingerprint density at radius 2 is 1.84 bits per heavy atom. The monoisotopic (exact) mass is 500 g/mol. The Hall–Kier alpha value is -2.97. The number of nitrogens with zero attached hydrogens (tertiary/aromatic N) is 1. The van der Waals surface area contributed by atoms with Crippen LogP contribution in [0.15, 0.2) is 81.1 Å². The highest BCUT2D eigenvalue weighted by molar-refractivity contribution is 9.10. The molecule has 1 heterocycles. The number of amidine groups is 1. The number of hydrogen-bond acceptors (Lipinski definition) is 4. The minimum absolute atomic E-state index is 0.164. The molecule has 1 aliphatic rings. The first-order chi connectivity index (χ1) is 15.0. The highest BCUT2D eigenvalue weighted by Gasteiger charge is 2.24. The van der Waals surface area contributed by atoms with Gasteiger partial charge in [-0.1, -0.05) is 30.3 Å². The van der Waals surface area contributed by atoms with Crippen molar-refractivity contribution in [2.75, 3.05) is 0 Å². The molecule has 0 aromatic heterocycles. The lowest BCUT2D eigenvalue weighted by Crippen LogP contribution is -2.19. The zero-order valence-corrected chi connectivity index (χ0v) is 18.3. The number of rotatable bonds is 5. The van der Waals surface area contributed by atoms with E-state index in [0.29, 0.717) is 26.9 Å². The summed E-state index contributed by atoms with van der Waals surface area (Å²) in [7, 11) is 0. The summed E-state index contributed by atoms with van der Waals surface area (Å²) in [4.78, 5) is 16.9. The molecular weight excluding hydrogens is 486 g/mol. The zero-order valence-electron chi connectivity index (χ0n) is 15.9. The van der Waals surface area contributed by atoms with E-state index in [2.05, 4.69) is 26.2 Å². The van der Waals surface area contributed by atoms with Crippen LogP contribution in [0.1, 0.15) is 11.1 Å². The van der Waals surface area contributed by atoms with Crippen molar-refractivity contribution in [1.82, 2.24) is 5.32 Å². The van der Waals surface area contributed by atoms with E-state index in [1.54, 1.807) is 42.5 Å². The molecule has 0 aliphatic carbocycles. The number of hydrogen-bond donors (Lipinski definition) is 1. The van der Waals surface area contributed by atoms with Crippen LogP contribution in [0, 0.1) is 11.6 Å². The van der Waals surface area contributed by atoms with Crippen LogP contribution in [0.2, 0.25) is 0 Å². The molecule has 31 heavy (non-hydrogen) atoms. The third-order valence-corrected chi connectivity index (χ3v) is 5.82. The average Bonchev–Trinajstić information content (AvgIpc) is 3.09. The van der Waals surface area contributed by atoms with Crippen molar-refractivity contribution in [1.29, 1.82) is 0 Å². The number of halogens is 3. The van der Waals surface area contributed by atoms with Gasteiger partial charge in [0.25, 0.3) is 5.91 Å². The van der Waals surface area contributed by atoms with E-state index in [0.717, 1.165) is 22.9 Å². The lowest BCUT2D eigenvalue weighted by Gasteiger charge is -2.09. The van der Waals surface area contributed by atoms with Crippen molar-refractivity contribution in [3.63, 3.8) is 0 Å². The van der Waals surface area contributed by atoms with E-state index < -0.39 is 5.82 Å². The largest absolute Gasteiger partial charge is 0.488 e. The van der Waals surface area contributed by atoms with Crippen molar-refractivity contribution in [2.45, 2.75) is 6.61 Å². The molecule has 0 saturated carbocycles. The van der Waals surface area contributed by atoms with Crippen LogP contribution < -0.4 is 10.1 Å². The molecule has 1 N–H and O–H groups in total. The van der Waals surface area contributed by atoms with Crippen LogP contribution in [0.4, 0.5) is 14.5 Å². The molecule has 3 aromatic carbocycles. The van der Waals surface area contributed by atoms with Crippen LogP contribution in [0.5, 0.6) is 5.75 Å². The number of ether oxygens (including phenoxy) is 1. The number of aliphatic imine (C=N–C) groups is 1. The van der Waals surface area contributed by atoms with Crippen molar-refractivity contribution < 1.29 is 18.3 Å². The Balaban J connectivity index is 1.46.